The number of amides is 1. The standard InChI is InChI=1S/C15H14ClN3OS/c1-10(16)9-19(15(20)14-8-17-18-21-14)13-7-6-11-4-2-3-5-12(11)13/h2-5,8,13H,1,6-7,9H2/t13-/m1/s1. The molecular weight excluding hydrogens is 306 g/mol. The van der Waals surface area contributed by atoms with Crippen molar-refractivity contribution >= 4 is 29.0 Å². The smallest absolute Gasteiger partial charge is 0.268 e. The highest BCUT2D eigenvalue weighted by molar-refractivity contribution is 7.07. The number of rotatable bonds is 4. The van der Waals surface area contributed by atoms with Crippen LogP contribution in [0.15, 0.2) is 42.1 Å². The van der Waals surface area contributed by atoms with Crippen LogP contribution in [-0.4, -0.2) is 26.9 Å². The second kappa shape index (κ2) is 5.95. The lowest BCUT2D eigenvalue weighted by Crippen LogP contribution is -2.34. The molecule has 0 saturated heterocycles. The van der Waals surface area contributed by atoms with Crippen molar-refractivity contribution in [2.75, 3.05) is 6.54 Å². The molecular formula is C15H14ClN3OS. The minimum atomic E-state index is -0.0893. The number of halogens is 1. The summed E-state index contributed by atoms with van der Waals surface area (Å²) in [6.45, 7) is 4.06. The summed E-state index contributed by atoms with van der Waals surface area (Å²) in [6, 6.07) is 8.26. The number of aromatic nitrogens is 2. The van der Waals surface area contributed by atoms with Gasteiger partial charge in [0.15, 0.2) is 0 Å². The van der Waals surface area contributed by atoms with Crippen LogP contribution in [0.5, 0.6) is 0 Å². The zero-order valence-electron chi connectivity index (χ0n) is 11.3. The van der Waals surface area contributed by atoms with Crippen LogP contribution < -0.4 is 0 Å². The van der Waals surface area contributed by atoms with Crippen LogP contribution in [0, 0.1) is 0 Å². The second-order valence-electron chi connectivity index (χ2n) is 4.99. The number of nitrogens with zero attached hydrogens (tertiary/aromatic N) is 3. The van der Waals surface area contributed by atoms with Gasteiger partial charge in [0.1, 0.15) is 4.88 Å². The number of hydrogen-bond acceptors (Lipinski definition) is 4. The SMILES string of the molecule is C=C(Cl)CN(C(=O)c1cnns1)[C@@H]1CCc2ccccc21. The molecule has 0 saturated carbocycles. The van der Waals surface area contributed by atoms with E-state index in [0.29, 0.717) is 16.5 Å². The molecule has 1 aromatic heterocycles. The van der Waals surface area contributed by atoms with Crippen molar-refractivity contribution < 1.29 is 4.79 Å². The van der Waals surface area contributed by atoms with Crippen LogP contribution in [0.2, 0.25) is 0 Å². The first-order valence-electron chi connectivity index (χ1n) is 6.66. The molecule has 6 heteroatoms. The Kier molecular flexibility index (Phi) is 4.03. The fourth-order valence-electron chi connectivity index (χ4n) is 2.77. The maximum absolute atomic E-state index is 12.7. The van der Waals surface area contributed by atoms with Crippen LogP contribution >= 0.6 is 23.1 Å². The predicted molar refractivity (Wildman–Crippen MR) is 83.4 cm³/mol. The van der Waals surface area contributed by atoms with Crippen molar-refractivity contribution in [3.63, 3.8) is 0 Å². The van der Waals surface area contributed by atoms with Gasteiger partial charge in [-0.3, -0.25) is 4.79 Å². The van der Waals surface area contributed by atoms with Gasteiger partial charge in [-0.15, -0.1) is 5.10 Å². The first-order chi connectivity index (χ1) is 10.2. The average Bonchev–Trinajstić information content (AvgIpc) is 3.13. The normalized spacial score (nSPS) is 16.5. The zero-order chi connectivity index (χ0) is 14.8. The third kappa shape index (κ3) is 2.84. The highest BCUT2D eigenvalue weighted by atomic mass is 35.5. The molecule has 0 bridgehead atoms. The van der Waals surface area contributed by atoms with Crippen LogP contribution in [0.3, 0.4) is 0 Å². The lowest BCUT2D eigenvalue weighted by Gasteiger charge is -2.29. The Morgan fingerprint density at radius 1 is 1.48 bits per heavy atom. The molecule has 0 N–H and O–H groups in total. The fourth-order valence-corrected chi connectivity index (χ4v) is 3.37. The summed E-state index contributed by atoms with van der Waals surface area (Å²) in [6.07, 6.45) is 3.37. The minimum absolute atomic E-state index is 0.0336. The van der Waals surface area contributed by atoms with Crippen molar-refractivity contribution in [1.82, 2.24) is 14.5 Å². The van der Waals surface area contributed by atoms with Gasteiger partial charge in [0.25, 0.3) is 5.91 Å². The molecule has 1 amide bonds. The van der Waals surface area contributed by atoms with Crippen molar-refractivity contribution in [2.45, 2.75) is 18.9 Å². The lowest BCUT2D eigenvalue weighted by molar-refractivity contribution is 0.0704. The summed E-state index contributed by atoms with van der Waals surface area (Å²) in [5.41, 5.74) is 2.49. The molecule has 21 heavy (non-hydrogen) atoms. The number of fused-ring (bicyclic) bond motifs is 1. The van der Waals surface area contributed by atoms with Gasteiger partial charge in [0.05, 0.1) is 18.8 Å². The van der Waals surface area contributed by atoms with Gasteiger partial charge >= 0.3 is 0 Å². The molecule has 4 nitrogen and oxygen atoms in total. The summed E-state index contributed by atoms with van der Waals surface area (Å²) in [7, 11) is 0. The molecule has 1 aliphatic carbocycles. The van der Waals surface area contributed by atoms with Gasteiger partial charge in [0, 0.05) is 5.03 Å². The van der Waals surface area contributed by atoms with E-state index in [1.807, 2.05) is 12.1 Å². The first kappa shape index (κ1) is 14.2. The van der Waals surface area contributed by atoms with Crippen LogP contribution in [0.25, 0.3) is 0 Å². The van der Waals surface area contributed by atoms with Gasteiger partial charge in [0.2, 0.25) is 0 Å². The van der Waals surface area contributed by atoms with E-state index in [9.17, 15) is 4.79 Å². The first-order valence-corrected chi connectivity index (χ1v) is 7.81. The Morgan fingerprint density at radius 2 is 2.29 bits per heavy atom. The molecule has 3 rings (SSSR count). The molecule has 108 valence electrons. The Balaban J connectivity index is 1.94. The maximum atomic E-state index is 12.7. The number of carbonyl (C=O) groups is 1. The van der Waals surface area contributed by atoms with Crippen molar-refractivity contribution in [3.8, 4) is 0 Å². The van der Waals surface area contributed by atoms with Gasteiger partial charge in [-0.05, 0) is 35.5 Å². The van der Waals surface area contributed by atoms with E-state index in [2.05, 4.69) is 28.3 Å². The zero-order valence-corrected chi connectivity index (χ0v) is 12.9. The van der Waals surface area contributed by atoms with Gasteiger partial charge < -0.3 is 4.90 Å². The van der Waals surface area contributed by atoms with Crippen molar-refractivity contribution in [2.24, 2.45) is 0 Å². The molecule has 0 radical (unpaired) electrons. The number of benzene rings is 1. The van der Waals surface area contributed by atoms with E-state index in [1.54, 1.807) is 4.90 Å². The van der Waals surface area contributed by atoms with Gasteiger partial charge in [-0.2, -0.15) is 0 Å². The molecule has 1 aromatic carbocycles. The third-order valence-corrected chi connectivity index (χ3v) is 4.42. The van der Waals surface area contributed by atoms with E-state index < -0.39 is 0 Å². The maximum Gasteiger partial charge on any atom is 0.268 e. The monoisotopic (exact) mass is 319 g/mol. The second-order valence-corrected chi connectivity index (χ2v) is 6.31. The molecule has 0 aliphatic heterocycles. The number of hydrogen-bond donors (Lipinski definition) is 0. The molecule has 0 unspecified atom stereocenters. The van der Waals surface area contributed by atoms with E-state index in [-0.39, 0.29) is 11.9 Å². The molecule has 0 spiro atoms. The number of aryl methyl sites for hydroxylation is 1. The summed E-state index contributed by atoms with van der Waals surface area (Å²) < 4.78 is 3.76. The molecule has 1 heterocycles. The Bertz CT molecular complexity index is 671. The average molecular weight is 320 g/mol. The fraction of sp³-hybridized carbons (Fsp3) is 0.267. The Morgan fingerprint density at radius 3 is 3.00 bits per heavy atom. The van der Waals surface area contributed by atoms with Gasteiger partial charge in [-0.25, -0.2) is 0 Å². The van der Waals surface area contributed by atoms with E-state index in [4.69, 9.17) is 11.6 Å². The highest BCUT2D eigenvalue weighted by Gasteiger charge is 2.32. The van der Waals surface area contributed by atoms with Crippen LogP contribution in [-0.2, 0) is 6.42 Å². The molecule has 0 fully saturated rings. The highest BCUT2D eigenvalue weighted by Crippen LogP contribution is 2.37. The lowest BCUT2D eigenvalue weighted by atomic mass is 10.1. The molecule has 1 atom stereocenters. The predicted octanol–water partition coefficient (Wildman–Crippen LogP) is 3.42. The summed E-state index contributed by atoms with van der Waals surface area (Å²) in [4.78, 5) is 15.0. The van der Waals surface area contributed by atoms with E-state index >= 15 is 0 Å². The van der Waals surface area contributed by atoms with E-state index in [0.717, 1.165) is 24.4 Å². The van der Waals surface area contributed by atoms with Gasteiger partial charge in [-0.1, -0.05) is 46.9 Å². The minimum Gasteiger partial charge on any atom is -0.326 e. The van der Waals surface area contributed by atoms with Crippen molar-refractivity contribution in [3.05, 3.63) is 58.1 Å². The van der Waals surface area contributed by atoms with Crippen LogP contribution in [0.1, 0.15) is 33.3 Å². The Labute approximate surface area is 132 Å². The van der Waals surface area contributed by atoms with Crippen molar-refractivity contribution in [1.29, 1.82) is 0 Å². The van der Waals surface area contributed by atoms with E-state index in [1.165, 1.54) is 17.3 Å². The summed E-state index contributed by atoms with van der Waals surface area (Å²) in [5.74, 6) is -0.0893. The topological polar surface area (TPSA) is 46.1 Å². The third-order valence-electron chi connectivity index (χ3n) is 3.65. The number of carbonyl (C=O) groups excluding carboxylic acids is 1. The molecule has 1 aliphatic rings. The quantitative estimate of drug-likeness (QED) is 0.867. The Hall–Kier alpha value is -1.72. The van der Waals surface area contributed by atoms with Crippen LogP contribution in [0.4, 0.5) is 0 Å². The summed E-state index contributed by atoms with van der Waals surface area (Å²) >= 11 is 7.07. The summed E-state index contributed by atoms with van der Waals surface area (Å²) in [5, 5.41) is 4.19. The largest absolute Gasteiger partial charge is 0.326 e. The molecule has 2 aromatic rings.